The van der Waals surface area contributed by atoms with Crippen molar-refractivity contribution in [1.29, 1.82) is 0 Å². The van der Waals surface area contributed by atoms with E-state index in [1.54, 1.807) is 6.92 Å². The Morgan fingerprint density at radius 1 is 1.60 bits per heavy atom. The van der Waals surface area contributed by atoms with Crippen molar-refractivity contribution >= 4 is 16.9 Å². The number of hydrogen-bond acceptors (Lipinski definition) is 3. The van der Waals surface area contributed by atoms with Crippen molar-refractivity contribution in [3.63, 3.8) is 0 Å². The van der Waals surface area contributed by atoms with E-state index in [9.17, 15) is 9.90 Å². The summed E-state index contributed by atoms with van der Waals surface area (Å²) in [7, 11) is 0. The molecule has 10 heavy (non-hydrogen) atoms. The highest BCUT2D eigenvalue weighted by Crippen LogP contribution is 2.29. The molecule has 58 valence electrons. The van der Waals surface area contributed by atoms with Crippen molar-refractivity contribution in [3.05, 3.63) is 0 Å². The van der Waals surface area contributed by atoms with Crippen LogP contribution in [0.1, 0.15) is 26.2 Å². The Hall–Kier alpha value is -0.0200. The summed E-state index contributed by atoms with van der Waals surface area (Å²) < 4.78 is 0. The first-order valence-corrected chi connectivity index (χ1v) is 4.43. The van der Waals surface area contributed by atoms with Gasteiger partial charge in [-0.15, -0.1) is 0 Å². The van der Waals surface area contributed by atoms with E-state index in [1.165, 1.54) is 11.8 Å². The average Bonchev–Trinajstić information content (AvgIpc) is 2.15. The van der Waals surface area contributed by atoms with Crippen LogP contribution in [-0.2, 0) is 4.79 Å². The van der Waals surface area contributed by atoms with E-state index in [0.29, 0.717) is 0 Å². The standard InChI is InChI=1S/C7H12O2S/c1-5(8)10-7-4-2-3-6(7)9/h6-7,9H,2-4H2,1H3/t6-,7-/m1/s1. The SMILES string of the molecule is CC(=O)S[C@@H]1CCC[C@H]1O. The van der Waals surface area contributed by atoms with Gasteiger partial charge in [0.05, 0.1) is 6.10 Å². The molecule has 0 aromatic rings. The quantitative estimate of drug-likeness (QED) is 0.626. The van der Waals surface area contributed by atoms with E-state index in [4.69, 9.17) is 0 Å². The smallest absolute Gasteiger partial charge is 0.186 e. The van der Waals surface area contributed by atoms with Gasteiger partial charge >= 0.3 is 0 Å². The molecule has 1 aliphatic carbocycles. The van der Waals surface area contributed by atoms with Gasteiger partial charge in [-0.2, -0.15) is 0 Å². The van der Waals surface area contributed by atoms with Crippen LogP contribution >= 0.6 is 11.8 Å². The first-order chi connectivity index (χ1) is 4.70. The molecular weight excluding hydrogens is 148 g/mol. The molecule has 0 aromatic heterocycles. The third-order valence-corrected chi connectivity index (χ3v) is 2.92. The molecule has 0 spiro atoms. The van der Waals surface area contributed by atoms with E-state index in [1.807, 2.05) is 0 Å². The van der Waals surface area contributed by atoms with Crippen LogP contribution in [0.2, 0.25) is 0 Å². The molecule has 2 atom stereocenters. The highest BCUT2D eigenvalue weighted by molar-refractivity contribution is 8.14. The normalized spacial score (nSPS) is 32.6. The summed E-state index contributed by atoms with van der Waals surface area (Å²) in [6.45, 7) is 1.55. The second kappa shape index (κ2) is 3.39. The number of carbonyl (C=O) groups is 1. The summed E-state index contributed by atoms with van der Waals surface area (Å²) in [6.07, 6.45) is 2.68. The van der Waals surface area contributed by atoms with Crippen LogP contribution in [-0.4, -0.2) is 21.6 Å². The lowest BCUT2D eigenvalue weighted by Crippen LogP contribution is -2.16. The molecule has 0 heterocycles. The molecule has 0 bridgehead atoms. The predicted molar refractivity (Wildman–Crippen MR) is 41.9 cm³/mol. The zero-order valence-corrected chi connectivity index (χ0v) is 6.86. The second-order valence-electron chi connectivity index (χ2n) is 2.65. The van der Waals surface area contributed by atoms with Crippen LogP contribution in [0.15, 0.2) is 0 Å². The fraction of sp³-hybridized carbons (Fsp3) is 0.857. The molecule has 0 radical (unpaired) electrons. The topological polar surface area (TPSA) is 37.3 Å². The van der Waals surface area contributed by atoms with Crippen molar-refractivity contribution in [2.75, 3.05) is 0 Å². The first-order valence-electron chi connectivity index (χ1n) is 3.55. The minimum absolute atomic E-state index is 0.117. The van der Waals surface area contributed by atoms with Crippen LogP contribution in [0.5, 0.6) is 0 Å². The number of aliphatic hydroxyl groups is 1. The van der Waals surface area contributed by atoms with Gasteiger partial charge in [0, 0.05) is 12.2 Å². The van der Waals surface area contributed by atoms with Gasteiger partial charge in [-0.3, -0.25) is 4.79 Å². The van der Waals surface area contributed by atoms with E-state index in [0.717, 1.165) is 19.3 Å². The zero-order valence-electron chi connectivity index (χ0n) is 6.04. The molecule has 0 unspecified atom stereocenters. The van der Waals surface area contributed by atoms with Crippen molar-refractivity contribution in [2.45, 2.75) is 37.5 Å². The van der Waals surface area contributed by atoms with E-state index in [-0.39, 0.29) is 16.5 Å². The van der Waals surface area contributed by atoms with E-state index >= 15 is 0 Å². The van der Waals surface area contributed by atoms with Crippen LogP contribution in [0.4, 0.5) is 0 Å². The molecule has 0 aromatic carbocycles. The van der Waals surface area contributed by atoms with E-state index in [2.05, 4.69) is 0 Å². The maximum Gasteiger partial charge on any atom is 0.186 e. The Labute approximate surface area is 65.0 Å². The van der Waals surface area contributed by atoms with Crippen molar-refractivity contribution in [2.24, 2.45) is 0 Å². The summed E-state index contributed by atoms with van der Waals surface area (Å²) in [6, 6.07) is 0. The van der Waals surface area contributed by atoms with Crippen LogP contribution in [0.3, 0.4) is 0 Å². The zero-order chi connectivity index (χ0) is 7.56. The van der Waals surface area contributed by atoms with Crippen molar-refractivity contribution in [1.82, 2.24) is 0 Å². The van der Waals surface area contributed by atoms with Crippen LogP contribution in [0.25, 0.3) is 0 Å². The minimum atomic E-state index is -0.242. The maximum atomic E-state index is 10.6. The van der Waals surface area contributed by atoms with Crippen molar-refractivity contribution < 1.29 is 9.90 Å². The van der Waals surface area contributed by atoms with Crippen LogP contribution in [0, 0.1) is 0 Å². The first kappa shape index (κ1) is 8.08. The lowest BCUT2D eigenvalue weighted by molar-refractivity contribution is -0.109. The van der Waals surface area contributed by atoms with Gasteiger partial charge in [0.25, 0.3) is 0 Å². The largest absolute Gasteiger partial charge is 0.392 e. The molecule has 0 aliphatic heterocycles. The molecule has 1 rings (SSSR count). The Balaban J connectivity index is 2.33. The Morgan fingerprint density at radius 2 is 2.30 bits per heavy atom. The predicted octanol–water partition coefficient (Wildman–Crippen LogP) is 1.18. The Bertz CT molecular complexity index is 136. The number of rotatable bonds is 1. The molecule has 1 aliphatic rings. The van der Waals surface area contributed by atoms with Gasteiger partial charge in [-0.1, -0.05) is 11.8 Å². The number of thioether (sulfide) groups is 1. The van der Waals surface area contributed by atoms with Gasteiger partial charge in [0.15, 0.2) is 5.12 Å². The molecule has 1 N–H and O–H groups in total. The minimum Gasteiger partial charge on any atom is -0.392 e. The lowest BCUT2D eigenvalue weighted by atomic mass is 10.3. The van der Waals surface area contributed by atoms with Crippen LogP contribution < -0.4 is 0 Å². The molecule has 0 amide bonds. The molecule has 0 saturated heterocycles. The fourth-order valence-corrected chi connectivity index (χ4v) is 2.26. The molecule has 1 saturated carbocycles. The summed E-state index contributed by atoms with van der Waals surface area (Å²) >= 11 is 1.28. The Kier molecular flexibility index (Phi) is 2.74. The second-order valence-corrected chi connectivity index (χ2v) is 4.06. The summed E-state index contributed by atoms with van der Waals surface area (Å²) in [4.78, 5) is 10.6. The van der Waals surface area contributed by atoms with Gasteiger partial charge in [0.1, 0.15) is 0 Å². The third kappa shape index (κ3) is 1.99. The highest BCUT2D eigenvalue weighted by atomic mass is 32.2. The van der Waals surface area contributed by atoms with Gasteiger partial charge in [-0.25, -0.2) is 0 Å². The molecule has 2 nitrogen and oxygen atoms in total. The molecular formula is C7H12O2S. The number of carbonyl (C=O) groups excluding carboxylic acids is 1. The third-order valence-electron chi connectivity index (χ3n) is 1.74. The maximum absolute atomic E-state index is 10.6. The summed E-state index contributed by atoms with van der Waals surface area (Å²) in [5.41, 5.74) is 0. The van der Waals surface area contributed by atoms with Gasteiger partial charge in [0.2, 0.25) is 0 Å². The monoisotopic (exact) mass is 160 g/mol. The van der Waals surface area contributed by atoms with Gasteiger partial charge in [-0.05, 0) is 19.3 Å². The number of hydrogen-bond donors (Lipinski definition) is 1. The van der Waals surface area contributed by atoms with E-state index < -0.39 is 0 Å². The fourth-order valence-electron chi connectivity index (χ4n) is 1.26. The highest BCUT2D eigenvalue weighted by Gasteiger charge is 2.26. The molecule has 1 fully saturated rings. The summed E-state index contributed by atoms with van der Waals surface area (Å²) in [5.74, 6) is 0. The summed E-state index contributed by atoms with van der Waals surface area (Å²) in [5, 5.41) is 9.56. The lowest BCUT2D eigenvalue weighted by Gasteiger charge is -2.10. The van der Waals surface area contributed by atoms with Crippen molar-refractivity contribution in [3.8, 4) is 0 Å². The number of aliphatic hydroxyl groups excluding tert-OH is 1. The van der Waals surface area contributed by atoms with Gasteiger partial charge < -0.3 is 5.11 Å². The average molecular weight is 160 g/mol. The Morgan fingerprint density at radius 3 is 2.70 bits per heavy atom. The molecule has 3 heteroatoms.